The second kappa shape index (κ2) is 7.08. The third kappa shape index (κ3) is 3.47. The molecule has 27 heavy (non-hydrogen) atoms. The van der Waals surface area contributed by atoms with E-state index in [1.165, 1.54) is 12.1 Å². The zero-order valence-electron chi connectivity index (χ0n) is 14.4. The lowest BCUT2D eigenvalue weighted by atomic mass is 10.1. The van der Waals surface area contributed by atoms with E-state index in [-0.39, 0.29) is 12.3 Å². The number of fused-ring (bicyclic) bond motifs is 1. The van der Waals surface area contributed by atoms with E-state index in [4.69, 9.17) is 9.47 Å². The van der Waals surface area contributed by atoms with Crippen LogP contribution in [0.15, 0.2) is 60.2 Å². The van der Waals surface area contributed by atoms with Crippen molar-refractivity contribution in [2.24, 2.45) is 0 Å². The number of nitro groups is 1. The average Bonchev–Trinajstić information content (AvgIpc) is 3.28. The number of ether oxygens (including phenoxy) is 2. The van der Waals surface area contributed by atoms with Gasteiger partial charge in [-0.1, -0.05) is 0 Å². The maximum absolute atomic E-state index is 10.7. The Kier molecular flexibility index (Phi) is 4.47. The Morgan fingerprint density at radius 3 is 2.70 bits per heavy atom. The number of benzene rings is 2. The second-order valence-corrected chi connectivity index (χ2v) is 6.67. The van der Waals surface area contributed by atoms with Crippen LogP contribution in [-0.2, 0) is 6.61 Å². The molecule has 7 nitrogen and oxygen atoms in total. The quantitative estimate of drug-likeness (QED) is 0.361. The number of thiazole rings is 1. The topological polar surface area (TPSA) is 78.9 Å². The Labute approximate surface area is 158 Å². The molecule has 8 heteroatoms. The van der Waals surface area contributed by atoms with Crippen LogP contribution in [-0.4, -0.2) is 21.4 Å². The molecule has 2 heterocycles. The molecule has 136 valence electrons. The van der Waals surface area contributed by atoms with Crippen molar-refractivity contribution in [2.45, 2.75) is 6.61 Å². The van der Waals surface area contributed by atoms with Crippen molar-refractivity contribution in [3.05, 3.63) is 75.9 Å². The molecule has 0 spiro atoms. The lowest BCUT2D eigenvalue weighted by molar-refractivity contribution is -0.384. The van der Waals surface area contributed by atoms with Crippen molar-refractivity contribution < 1.29 is 14.4 Å². The van der Waals surface area contributed by atoms with Gasteiger partial charge in [0.05, 0.1) is 17.7 Å². The summed E-state index contributed by atoms with van der Waals surface area (Å²) in [7, 11) is 1.59. The molecule has 0 aliphatic carbocycles. The second-order valence-electron chi connectivity index (χ2n) is 5.80. The predicted molar refractivity (Wildman–Crippen MR) is 102 cm³/mol. The standard InChI is InChI=1S/C19H15N3O4S/c1-25-18-10-14(16-11-21-8-9-27-19(21)20-16)4-7-17(18)26-12-13-2-5-15(6-3-13)22(23)24/h2-11H,12H2,1H3. The highest BCUT2D eigenvalue weighted by Gasteiger charge is 2.11. The highest BCUT2D eigenvalue weighted by atomic mass is 32.1. The van der Waals surface area contributed by atoms with Crippen molar-refractivity contribution in [3.63, 3.8) is 0 Å². The predicted octanol–water partition coefficient (Wildman–Crippen LogP) is 4.56. The van der Waals surface area contributed by atoms with Crippen LogP contribution in [0.4, 0.5) is 5.69 Å². The number of nitrogens with zero attached hydrogens (tertiary/aromatic N) is 3. The van der Waals surface area contributed by atoms with Gasteiger partial charge in [-0.15, -0.1) is 11.3 Å². The molecular formula is C19H15N3O4S. The minimum absolute atomic E-state index is 0.0562. The van der Waals surface area contributed by atoms with Crippen LogP contribution in [0.25, 0.3) is 16.2 Å². The Morgan fingerprint density at radius 2 is 2.00 bits per heavy atom. The van der Waals surface area contributed by atoms with Crippen LogP contribution in [0.2, 0.25) is 0 Å². The minimum Gasteiger partial charge on any atom is -0.493 e. The third-order valence-corrected chi connectivity index (χ3v) is 4.86. The number of hydrogen-bond acceptors (Lipinski definition) is 6. The van der Waals surface area contributed by atoms with Gasteiger partial charge >= 0.3 is 0 Å². The van der Waals surface area contributed by atoms with Crippen LogP contribution >= 0.6 is 11.3 Å². The summed E-state index contributed by atoms with van der Waals surface area (Å²) in [6.07, 6.45) is 3.94. The summed E-state index contributed by atoms with van der Waals surface area (Å²) in [5.74, 6) is 1.20. The summed E-state index contributed by atoms with van der Waals surface area (Å²) in [6.45, 7) is 0.286. The molecule has 2 aromatic carbocycles. The first kappa shape index (κ1) is 17.0. The number of rotatable bonds is 6. The number of aromatic nitrogens is 2. The summed E-state index contributed by atoms with van der Waals surface area (Å²) in [4.78, 5) is 15.8. The van der Waals surface area contributed by atoms with Crippen LogP contribution in [0, 0.1) is 10.1 Å². The van der Waals surface area contributed by atoms with E-state index in [1.54, 1.807) is 30.6 Å². The number of hydrogen-bond donors (Lipinski definition) is 0. The van der Waals surface area contributed by atoms with Gasteiger partial charge in [-0.2, -0.15) is 0 Å². The Bertz CT molecular complexity index is 1070. The Hall–Kier alpha value is -3.39. The van der Waals surface area contributed by atoms with Crippen molar-refractivity contribution in [2.75, 3.05) is 7.11 Å². The molecule has 0 aliphatic rings. The first-order chi connectivity index (χ1) is 13.1. The van der Waals surface area contributed by atoms with E-state index < -0.39 is 4.92 Å². The van der Waals surface area contributed by atoms with Gasteiger partial charge in [-0.25, -0.2) is 4.98 Å². The number of nitro benzene ring substituents is 1. The fraction of sp³-hybridized carbons (Fsp3) is 0.105. The van der Waals surface area contributed by atoms with E-state index in [9.17, 15) is 10.1 Å². The lowest BCUT2D eigenvalue weighted by Crippen LogP contribution is -1.98. The van der Waals surface area contributed by atoms with Gasteiger partial charge in [0.15, 0.2) is 16.5 Å². The molecule has 0 saturated heterocycles. The Balaban J connectivity index is 1.52. The van der Waals surface area contributed by atoms with Crippen molar-refractivity contribution in [1.29, 1.82) is 0 Å². The first-order valence-corrected chi connectivity index (χ1v) is 8.99. The van der Waals surface area contributed by atoms with Crippen LogP contribution in [0.3, 0.4) is 0 Å². The Morgan fingerprint density at radius 1 is 1.19 bits per heavy atom. The fourth-order valence-electron chi connectivity index (χ4n) is 2.69. The number of non-ortho nitro benzene ring substituents is 1. The maximum Gasteiger partial charge on any atom is 0.269 e. The molecule has 0 atom stereocenters. The number of methoxy groups -OCH3 is 1. The van der Waals surface area contributed by atoms with Gasteiger partial charge in [-0.05, 0) is 35.9 Å². The summed E-state index contributed by atoms with van der Waals surface area (Å²) in [5.41, 5.74) is 2.69. The summed E-state index contributed by atoms with van der Waals surface area (Å²) in [6, 6.07) is 11.9. The summed E-state index contributed by atoms with van der Waals surface area (Å²) >= 11 is 1.58. The molecule has 0 N–H and O–H groups in total. The molecule has 0 fully saturated rings. The molecule has 4 rings (SSSR count). The molecule has 0 aliphatic heterocycles. The molecule has 0 radical (unpaired) electrons. The molecule has 4 aromatic rings. The smallest absolute Gasteiger partial charge is 0.269 e. The van der Waals surface area contributed by atoms with Crippen LogP contribution in [0.5, 0.6) is 11.5 Å². The van der Waals surface area contributed by atoms with E-state index >= 15 is 0 Å². The zero-order valence-corrected chi connectivity index (χ0v) is 15.2. The molecule has 2 aromatic heterocycles. The van der Waals surface area contributed by atoms with Gasteiger partial charge in [0.1, 0.15) is 6.61 Å². The maximum atomic E-state index is 10.7. The van der Waals surface area contributed by atoms with Gasteiger partial charge < -0.3 is 9.47 Å². The molecule has 0 amide bonds. The number of imidazole rings is 1. The monoisotopic (exact) mass is 381 g/mol. The minimum atomic E-state index is -0.424. The van der Waals surface area contributed by atoms with Gasteiger partial charge in [0.2, 0.25) is 0 Å². The summed E-state index contributed by atoms with van der Waals surface area (Å²) in [5, 5.41) is 12.7. The molecular weight excluding hydrogens is 366 g/mol. The largest absolute Gasteiger partial charge is 0.493 e. The van der Waals surface area contributed by atoms with E-state index in [2.05, 4.69) is 4.98 Å². The van der Waals surface area contributed by atoms with Crippen LogP contribution in [0.1, 0.15) is 5.56 Å². The van der Waals surface area contributed by atoms with E-state index in [1.807, 2.05) is 40.4 Å². The average molecular weight is 381 g/mol. The normalized spacial score (nSPS) is 10.9. The molecule has 0 saturated carbocycles. The molecule has 0 bridgehead atoms. The molecule has 0 unspecified atom stereocenters. The highest BCUT2D eigenvalue weighted by Crippen LogP contribution is 2.33. The van der Waals surface area contributed by atoms with Gasteiger partial charge in [-0.3, -0.25) is 14.5 Å². The van der Waals surface area contributed by atoms with Gasteiger partial charge in [0.25, 0.3) is 5.69 Å². The fourth-order valence-corrected chi connectivity index (χ4v) is 3.39. The van der Waals surface area contributed by atoms with E-state index in [0.717, 1.165) is 21.8 Å². The SMILES string of the molecule is COc1cc(-c2cn3ccsc3n2)ccc1OCc1ccc([N+](=O)[O-])cc1. The third-order valence-electron chi connectivity index (χ3n) is 4.09. The van der Waals surface area contributed by atoms with Gasteiger partial charge in [0, 0.05) is 35.5 Å². The van der Waals surface area contributed by atoms with Crippen molar-refractivity contribution in [3.8, 4) is 22.8 Å². The lowest BCUT2D eigenvalue weighted by Gasteiger charge is -2.11. The van der Waals surface area contributed by atoms with Crippen molar-refractivity contribution in [1.82, 2.24) is 9.38 Å². The first-order valence-electron chi connectivity index (χ1n) is 8.11. The van der Waals surface area contributed by atoms with Crippen molar-refractivity contribution >= 4 is 22.0 Å². The van der Waals surface area contributed by atoms with E-state index in [0.29, 0.717) is 11.5 Å². The zero-order chi connectivity index (χ0) is 18.8. The summed E-state index contributed by atoms with van der Waals surface area (Å²) < 4.78 is 13.3. The van der Waals surface area contributed by atoms with Crippen LogP contribution < -0.4 is 9.47 Å². The highest BCUT2D eigenvalue weighted by molar-refractivity contribution is 7.15.